The van der Waals surface area contributed by atoms with Gasteiger partial charge in [0, 0.05) is 6.04 Å². The van der Waals surface area contributed by atoms with E-state index in [1.54, 1.807) is 0 Å². The Labute approximate surface area is 95.8 Å². The van der Waals surface area contributed by atoms with E-state index in [2.05, 4.69) is 6.92 Å². The van der Waals surface area contributed by atoms with Gasteiger partial charge in [0.1, 0.15) is 0 Å². The van der Waals surface area contributed by atoms with Crippen LogP contribution < -0.4 is 5.73 Å². The second-order valence-electron chi connectivity index (χ2n) is 5.29. The lowest BCUT2D eigenvalue weighted by atomic mass is 9.95. The van der Waals surface area contributed by atoms with E-state index in [0.29, 0.717) is 0 Å². The topological polar surface area (TPSA) is 23.8 Å². The van der Waals surface area contributed by atoms with E-state index in [1.807, 2.05) is 0 Å². The van der Waals surface area contributed by atoms with Gasteiger partial charge >= 0.3 is 0 Å². The van der Waals surface area contributed by atoms with Crippen molar-refractivity contribution in [2.24, 2.45) is 5.92 Å². The molecule has 0 aromatic rings. The Morgan fingerprint density at radius 2 is 1.73 bits per heavy atom. The average Bonchev–Trinajstić information content (AvgIpc) is 2.70. The Bertz CT molecular complexity index is 138. The largest absolute Gasteiger partial charge is 0.255 e. The van der Waals surface area contributed by atoms with E-state index in [-0.39, 0.29) is 6.04 Å². The zero-order chi connectivity index (χ0) is 10.9. The summed E-state index contributed by atoms with van der Waals surface area (Å²) < 4.78 is 0. The minimum absolute atomic E-state index is 0.245. The maximum atomic E-state index is 8.02. The maximum absolute atomic E-state index is 8.02. The van der Waals surface area contributed by atoms with Crippen molar-refractivity contribution < 1.29 is 0 Å². The molecule has 1 heteroatoms. The average molecular weight is 210 g/mol. The molecule has 89 valence electrons. The molecule has 0 heterocycles. The van der Waals surface area contributed by atoms with Crippen LogP contribution in [0.2, 0.25) is 0 Å². The summed E-state index contributed by atoms with van der Waals surface area (Å²) in [5.74, 6) is 0.906. The highest BCUT2D eigenvalue weighted by molar-refractivity contribution is 4.72. The zero-order valence-corrected chi connectivity index (χ0v) is 10.4. The number of nitrogens with one attached hydrogen (secondary N) is 1. The third-order valence-electron chi connectivity index (χ3n) is 3.75. The predicted octanol–water partition coefficient (Wildman–Crippen LogP) is 4.58. The van der Waals surface area contributed by atoms with Crippen LogP contribution in [0, 0.1) is 5.92 Å². The first-order valence-electron chi connectivity index (χ1n) is 7.04. The molecule has 1 fully saturated rings. The molecule has 1 radical (unpaired) electrons. The molecule has 1 rings (SSSR count). The van der Waals surface area contributed by atoms with Crippen molar-refractivity contribution in [3.05, 3.63) is 0 Å². The van der Waals surface area contributed by atoms with Crippen molar-refractivity contribution in [3.63, 3.8) is 0 Å². The van der Waals surface area contributed by atoms with Crippen molar-refractivity contribution in [1.82, 2.24) is 5.73 Å². The van der Waals surface area contributed by atoms with E-state index in [1.165, 1.54) is 64.2 Å². The number of hydrogen-bond acceptors (Lipinski definition) is 0. The normalized spacial score (nSPS) is 19.6. The first-order valence-corrected chi connectivity index (χ1v) is 7.04. The van der Waals surface area contributed by atoms with Gasteiger partial charge in [-0.3, -0.25) is 5.73 Å². The molecule has 0 aromatic heterocycles. The van der Waals surface area contributed by atoms with Gasteiger partial charge in [0.2, 0.25) is 0 Å². The quantitative estimate of drug-likeness (QED) is 0.524. The summed E-state index contributed by atoms with van der Waals surface area (Å²) in [6.07, 6.45) is 14.7. The fraction of sp³-hybridized carbons (Fsp3) is 1.00. The molecular weight excluding hydrogens is 182 g/mol. The first kappa shape index (κ1) is 13.0. The van der Waals surface area contributed by atoms with Crippen LogP contribution in [0.15, 0.2) is 0 Å². The highest BCUT2D eigenvalue weighted by Gasteiger charge is 2.17. The Kier molecular flexibility index (Phi) is 7.08. The molecule has 0 spiro atoms. The lowest BCUT2D eigenvalue weighted by Crippen LogP contribution is -2.13. The van der Waals surface area contributed by atoms with Gasteiger partial charge in [0.05, 0.1) is 0 Å². The van der Waals surface area contributed by atoms with Crippen molar-refractivity contribution in [1.29, 1.82) is 0 Å². The lowest BCUT2D eigenvalue weighted by Gasteiger charge is -2.15. The molecule has 1 aliphatic carbocycles. The monoisotopic (exact) mass is 210 g/mol. The van der Waals surface area contributed by atoms with Crippen molar-refractivity contribution in [3.8, 4) is 0 Å². The van der Waals surface area contributed by atoms with Crippen LogP contribution >= 0.6 is 0 Å². The van der Waals surface area contributed by atoms with Crippen LogP contribution in [0.3, 0.4) is 0 Å². The van der Waals surface area contributed by atoms with Gasteiger partial charge in [-0.25, -0.2) is 0 Å². The van der Waals surface area contributed by atoms with Gasteiger partial charge in [-0.2, -0.15) is 0 Å². The third kappa shape index (κ3) is 6.19. The van der Waals surface area contributed by atoms with Crippen molar-refractivity contribution in [2.45, 2.75) is 83.6 Å². The number of hydrogen-bond donors (Lipinski definition) is 0. The second kappa shape index (κ2) is 8.15. The summed E-state index contributed by atoms with van der Waals surface area (Å²) >= 11 is 0. The molecular formula is C14H28N. The predicted molar refractivity (Wildman–Crippen MR) is 66.8 cm³/mol. The molecule has 1 nitrogen and oxygen atoms in total. The minimum atomic E-state index is 0.245. The van der Waals surface area contributed by atoms with Gasteiger partial charge in [-0.05, 0) is 18.8 Å². The Morgan fingerprint density at radius 3 is 2.40 bits per heavy atom. The van der Waals surface area contributed by atoms with E-state index < -0.39 is 0 Å². The molecule has 15 heavy (non-hydrogen) atoms. The zero-order valence-electron chi connectivity index (χ0n) is 10.4. The van der Waals surface area contributed by atoms with Crippen LogP contribution in [-0.2, 0) is 0 Å². The van der Waals surface area contributed by atoms with Gasteiger partial charge < -0.3 is 0 Å². The van der Waals surface area contributed by atoms with Gasteiger partial charge in [-0.1, -0.05) is 64.7 Å². The molecule has 0 aromatic carbocycles. The Hall–Kier alpha value is -0.0400. The fourth-order valence-corrected chi connectivity index (χ4v) is 2.76. The SMILES string of the molecule is CCCCCCCC([NH])CC1CCCC1. The molecule has 0 aliphatic heterocycles. The highest BCUT2D eigenvalue weighted by atomic mass is 14.6. The summed E-state index contributed by atoms with van der Waals surface area (Å²) in [6.45, 7) is 2.26. The summed E-state index contributed by atoms with van der Waals surface area (Å²) in [4.78, 5) is 0. The van der Waals surface area contributed by atoms with Gasteiger partial charge in [-0.15, -0.1) is 0 Å². The van der Waals surface area contributed by atoms with Crippen molar-refractivity contribution >= 4 is 0 Å². The van der Waals surface area contributed by atoms with Crippen LogP contribution in [0.25, 0.3) is 0 Å². The molecule has 1 saturated carbocycles. The first-order chi connectivity index (χ1) is 7.33. The summed E-state index contributed by atoms with van der Waals surface area (Å²) in [5, 5.41) is 0. The molecule has 0 saturated heterocycles. The third-order valence-corrected chi connectivity index (χ3v) is 3.75. The lowest BCUT2D eigenvalue weighted by molar-refractivity contribution is 0.408. The van der Waals surface area contributed by atoms with Crippen LogP contribution in [0.5, 0.6) is 0 Å². The molecule has 1 N–H and O–H groups in total. The summed E-state index contributed by atoms with van der Waals surface area (Å²) in [7, 11) is 0. The van der Waals surface area contributed by atoms with Gasteiger partial charge in [0.15, 0.2) is 0 Å². The Morgan fingerprint density at radius 1 is 1.07 bits per heavy atom. The minimum Gasteiger partial charge on any atom is -0.255 e. The van der Waals surface area contributed by atoms with E-state index in [0.717, 1.165) is 12.3 Å². The molecule has 0 amide bonds. The van der Waals surface area contributed by atoms with Crippen molar-refractivity contribution in [2.75, 3.05) is 0 Å². The molecule has 0 bridgehead atoms. The number of rotatable bonds is 8. The second-order valence-corrected chi connectivity index (χ2v) is 5.29. The highest BCUT2D eigenvalue weighted by Crippen LogP contribution is 2.29. The maximum Gasteiger partial charge on any atom is 0.0215 e. The van der Waals surface area contributed by atoms with E-state index in [4.69, 9.17) is 5.73 Å². The molecule has 1 atom stereocenters. The smallest absolute Gasteiger partial charge is 0.0215 e. The number of unbranched alkanes of at least 4 members (excludes halogenated alkanes) is 4. The van der Waals surface area contributed by atoms with Crippen LogP contribution in [0.1, 0.15) is 77.6 Å². The summed E-state index contributed by atoms with van der Waals surface area (Å²) in [6, 6.07) is 0.245. The molecule has 1 unspecified atom stereocenters. The van der Waals surface area contributed by atoms with Gasteiger partial charge in [0.25, 0.3) is 0 Å². The van der Waals surface area contributed by atoms with E-state index >= 15 is 0 Å². The van der Waals surface area contributed by atoms with Crippen LogP contribution in [-0.4, -0.2) is 6.04 Å². The van der Waals surface area contributed by atoms with E-state index in [9.17, 15) is 0 Å². The fourth-order valence-electron chi connectivity index (χ4n) is 2.76. The van der Waals surface area contributed by atoms with Crippen LogP contribution in [0.4, 0.5) is 0 Å². The summed E-state index contributed by atoms with van der Waals surface area (Å²) in [5.41, 5.74) is 8.02. The molecule has 1 aliphatic rings. The Balaban J connectivity index is 1.91. The standard InChI is InChI=1S/C14H28N/c1-2-3-4-5-6-11-14(15)12-13-9-7-8-10-13/h13-15H,2-12H2,1H3.